The van der Waals surface area contributed by atoms with Gasteiger partial charge in [0.2, 0.25) is 5.91 Å². The summed E-state index contributed by atoms with van der Waals surface area (Å²) in [4.78, 5) is 27.4. The largest absolute Gasteiger partial charge is 0.326 e. The predicted octanol–water partition coefficient (Wildman–Crippen LogP) is 2.66. The number of hydrogen-bond donors (Lipinski definition) is 2. The SMILES string of the molecule is CC(=O)Nc1ccc(NC(=O)c2cnc(C)s2)cc1. The fourth-order valence-corrected chi connectivity index (χ4v) is 2.17. The van der Waals surface area contributed by atoms with Crippen LogP contribution in [0.4, 0.5) is 11.4 Å². The molecule has 1 aromatic carbocycles. The number of nitrogens with zero attached hydrogens (tertiary/aromatic N) is 1. The molecule has 0 spiro atoms. The highest BCUT2D eigenvalue weighted by molar-refractivity contribution is 7.13. The van der Waals surface area contributed by atoms with Crippen LogP contribution in [0.1, 0.15) is 21.6 Å². The maximum absolute atomic E-state index is 11.9. The Morgan fingerprint density at radius 3 is 2.16 bits per heavy atom. The van der Waals surface area contributed by atoms with Crippen molar-refractivity contribution in [3.05, 3.63) is 40.3 Å². The first-order chi connectivity index (χ1) is 9.04. The Kier molecular flexibility index (Phi) is 3.91. The van der Waals surface area contributed by atoms with Gasteiger partial charge < -0.3 is 10.6 Å². The molecule has 19 heavy (non-hydrogen) atoms. The molecule has 0 aliphatic carbocycles. The first kappa shape index (κ1) is 13.2. The number of thiazole rings is 1. The minimum atomic E-state index is -0.183. The average molecular weight is 275 g/mol. The van der Waals surface area contributed by atoms with Crippen molar-refractivity contribution in [3.8, 4) is 0 Å². The van der Waals surface area contributed by atoms with E-state index in [1.54, 1.807) is 30.5 Å². The third-order valence-corrected chi connectivity index (χ3v) is 3.22. The smallest absolute Gasteiger partial charge is 0.267 e. The Balaban J connectivity index is 2.03. The molecule has 0 atom stereocenters. The van der Waals surface area contributed by atoms with E-state index in [2.05, 4.69) is 15.6 Å². The summed E-state index contributed by atoms with van der Waals surface area (Å²) in [7, 11) is 0. The van der Waals surface area contributed by atoms with E-state index >= 15 is 0 Å². The Bertz CT molecular complexity index is 605. The summed E-state index contributed by atoms with van der Waals surface area (Å²) in [5.41, 5.74) is 1.37. The van der Waals surface area contributed by atoms with Gasteiger partial charge in [-0.25, -0.2) is 4.98 Å². The average Bonchev–Trinajstić information content (AvgIpc) is 2.78. The summed E-state index contributed by atoms with van der Waals surface area (Å²) in [5, 5.41) is 6.28. The van der Waals surface area contributed by atoms with Gasteiger partial charge in [-0.2, -0.15) is 0 Å². The van der Waals surface area contributed by atoms with Gasteiger partial charge in [-0.1, -0.05) is 0 Å². The molecule has 98 valence electrons. The van der Waals surface area contributed by atoms with Crippen LogP contribution < -0.4 is 10.6 Å². The lowest BCUT2D eigenvalue weighted by Crippen LogP contribution is -2.10. The van der Waals surface area contributed by atoms with E-state index in [0.29, 0.717) is 16.3 Å². The van der Waals surface area contributed by atoms with Crippen LogP contribution in [0.3, 0.4) is 0 Å². The molecule has 2 amide bonds. The molecule has 5 nitrogen and oxygen atoms in total. The van der Waals surface area contributed by atoms with Crippen molar-refractivity contribution in [1.82, 2.24) is 4.98 Å². The van der Waals surface area contributed by atoms with Crippen molar-refractivity contribution < 1.29 is 9.59 Å². The second kappa shape index (κ2) is 5.62. The number of aryl methyl sites for hydroxylation is 1. The highest BCUT2D eigenvalue weighted by Crippen LogP contribution is 2.17. The lowest BCUT2D eigenvalue weighted by molar-refractivity contribution is -0.114. The number of benzene rings is 1. The molecular weight excluding hydrogens is 262 g/mol. The maximum atomic E-state index is 11.9. The fraction of sp³-hybridized carbons (Fsp3) is 0.154. The second-order valence-electron chi connectivity index (χ2n) is 3.96. The zero-order valence-corrected chi connectivity index (χ0v) is 11.4. The van der Waals surface area contributed by atoms with E-state index in [4.69, 9.17) is 0 Å². The third kappa shape index (κ3) is 3.62. The molecule has 2 rings (SSSR count). The number of aromatic nitrogens is 1. The molecular formula is C13H13N3O2S. The van der Waals surface area contributed by atoms with Crippen LogP contribution in [0.2, 0.25) is 0 Å². The molecule has 0 fully saturated rings. The predicted molar refractivity (Wildman–Crippen MR) is 75.5 cm³/mol. The Hall–Kier alpha value is -2.21. The molecule has 2 aromatic rings. The van der Waals surface area contributed by atoms with Crippen LogP contribution in [0.5, 0.6) is 0 Å². The summed E-state index contributed by atoms with van der Waals surface area (Å²) in [6, 6.07) is 6.93. The minimum absolute atomic E-state index is 0.128. The van der Waals surface area contributed by atoms with E-state index < -0.39 is 0 Å². The lowest BCUT2D eigenvalue weighted by Gasteiger charge is -2.05. The zero-order chi connectivity index (χ0) is 13.8. The van der Waals surface area contributed by atoms with Crippen LogP contribution in [0, 0.1) is 6.92 Å². The van der Waals surface area contributed by atoms with Crippen molar-refractivity contribution in [1.29, 1.82) is 0 Å². The number of carbonyl (C=O) groups is 2. The number of rotatable bonds is 3. The van der Waals surface area contributed by atoms with E-state index in [1.807, 2.05) is 6.92 Å². The van der Waals surface area contributed by atoms with Gasteiger partial charge in [-0.05, 0) is 31.2 Å². The van der Waals surface area contributed by atoms with Crippen molar-refractivity contribution in [2.24, 2.45) is 0 Å². The highest BCUT2D eigenvalue weighted by Gasteiger charge is 2.09. The van der Waals surface area contributed by atoms with Crippen LogP contribution in [0.15, 0.2) is 30.5 Å². The van der Waals surface area contributed by atoms with Crippen LogP contribution in [-0.4, -0.2) is 16.8 Å². The molecule has 2 N–H and O–H groups in total. The van der Waals surface area contributed by atoms with E-state index in [9.17, 15) is 9.59 Å². The number of nitrogens with one attached hydrogen (secondary N) is 2. The first-order valence-corrected chi connectivity index (χ1v) is 6.47. The van der Waals surface area contributed by atoms with Crippen molar-refractivity contribution in [3.63, 3.8) is 0 Å². The minimum Gasteiger partial charge on any atom is -0.326 e. The third-order valence-electron chi connectivity index (χ3n) is 2.31. The topological polar surface area (TPSA) is 71.1 Å². The van der Waals surface area contributed by atoms with Crippen LogP contribution in [0.25, 0.3) is 0 Å². The van der Waals surface area contributed by atoms with Gasteiger partial charge in [0.05, 0.1) is 11.2 Å². The highest BCUT2D eigenvalue weighted by atomic mass is 32.1. The van der Waals surface area contributed by atoms with Crippen LogP contribution in [-0.2, 0) is 4.79 Å². The molecule has 0 saturated carbocycles. The van der Waals surface area contributed by atoms with Crippen molar-refractivity contribution in [2.45, 2.75) is 13.8 Å². The molecule has 1 heterocycles. The van der Waals surface area contributed by atoms with Gasteiger partial charge in [0.15, 0.2) is 0 Å². The molecule has 0 unspecified atom stereocenters. The molecule has 0 bridgehead atoms. The normalized spacial score (nSPS) is 10.0. The standard InChI is InChI=1S/C13H13N3O2S/c1-8(17)15-10-3-5-11(6-4-10)16-13(18)12-7-14-9(2)19-12/h3-7H,1-2H3,(H,15,17)(H,16,18). The lowest BCUT2D eigenvalue weighted by atomic mass is 10.2. The summed E-state index contributed by atoms with van der Waals surface area (Å²) < 4.78 is 0. The molecule has 0 aliphatic heterocycles. The molecule has 0 radical (unpaired) electrons. The van der Waals surface area contributed by atoms with Gasteiger partial charge in [-0.15, -0.1) is 11.3 Å². The van der Waals surface area contributed by atoms with E-state index in [1.165, 1.54) is 18.3 Å². The Morgan fingerprint density at radius 2 is 1.68 bits per heavy atom. The zero-order valence-electron chi connectivity index (χ0n) is 10.6. The van der Waals surface area contributed by atoms with Gasteiger partial charge in [0.1, 0.15) is 4.88 Å². The Labute approximate surface area is 114 Å². The monoisotopic (exact) mass is 275 g/mol. The van der Waals surface area contributed by atoms with Gasteiger partial charge in [0.25, 0.3) is 5.91 Å². The van der Waals surface area contributed by atoms with Gasteiger partial charge in [-0.3, -0.25) is 9.59 Å². The maximum Gasteiger partial charge on any atom is 0.267 e. The van der Waals surface area contributed by atoms with E-state index in [-0.39, 0.29) is 11.8 Å². The van der Waals surface area contributed by atoms with Gasteiger partial charge >= 0.3 is 0 Å². The van der Waals surface area contributed by atoms with Crippen molar-refractivity contribution >= 4 is 34.5 Å². The summed E-state index contributed by atoms with van der Waals surface area (Å²) in [6.45, 7) is 3.30. The number of carbonyl (C=O) groups excluding carboxylic acids is 2. The molecule has 0 aliphatic rings. The summed E-state index contributed by atoms with van der Waals surface area (Å²) >= 11 is 1.35. The summed E-state index contributed by atoms with van der Waals surface area (Å²) in [5.74, 6) is -0.310. The number of hydrogen-bond acceptors (Lipinski definition) is 4. The molecule has 1 aromatic heterocycles. The quantitative estimate of drug-likeness (QED) is 0.904. The second-order valence-corrected chi connectivity index (χ2v) is 5.19. The van der Waals surface area contributed by atoms with E-state index in [0.717, 1.165) is 5.01 Å². The van der Waals surface area contributed by atoms with Crippen LogP contribution >= 0.6 is 11.3 Å². The van der Waals surface area contributed by atoms with Crippen molar-refractivity contribution in [2.75, 3.05) is 10.6 Å². The first-order valence-electron chi connectivity index (χ1n) is 5.66. The van der Waals surface area contributed by atoms with Gasteiger partial charge in [0, 0.05) is 18.3 Å². The fourth-order valence-electron chi connectivity index (χ4n) is 1.50. The summed E-state index contributed by atoms with van der Waals surface area (Å²) in [6.07, 6.45) is 1.56. The number of amides is 2. The number of anilines is 2. The molecule has 6 heteroatoms. The molecule has 0 saturated heterocycles. The Morgan fingerprint density at radius 1 is 1.11 bits per heavy atom.